The van der Waals surface area contributed by atoms with Gasteiger partial charge in [-0.25, -0.2) is 4.79 Å². The van der Waals surface area contributed by atoms with Crippen molar-refractivity contribution in [2.75, 3.05) is 7.11 Å². The Morgan fingerprint density at radius 3 is 2.67 bits per heavy atom. The summed E-state index contributed by atoms with van der Waals surface area (Å²) in [5.74, 6) is -0.605. The number of hydrogen-bond donors (Lipinski definition) is 2. The Morgan fingerprint density at radius 2 is 2.13 bits per heavy atom. The van der Waals surface area contributed by atoms with Gasteiger partial charge in [0.1, 0.15) is 0 Å². The van der Waals surface area contributed by atoms with Crippen molar-refractivity contribution in [1.82, 2.24) is 0 Å². The van der Waals surface area contributed by atoms with Gasteiger partial charge in [-0.05, 0) is 24.6 Å². The largest absolute Gasteiger partial charge is 0.504 e. The lowest BCUT2D eigenvalue weighted by molar-refractivity contribution is -0.131. The van der Waals surface area contributed by atoms with Gasteiger partial charge in [-0.2, -0.15) is 0 Å². The number of hydrogen-bond acceptors (Lipinski definition) is 3. The van der Waals surface area contributed by atoms with Crippen LogP contribution in [0.1, 0.15) is 11.1 Å². The van der Waals surface area contributed by atoms with E-state index in [0.717, 1.165) is 6.08 Å². The molecule has 2 N–H and O–H groups in total. The number of carboxylic acid groups (broad SMARTS) is 1. The maximum absolute atomic E-state index is 10.3. The highest BCUT2D eigenvalue weighted by molar-refractivity contribution is 5.85. The first kappa shape index (κ1) is 11.1. The van der Waals surface area contributed by atoms with Crippen molar-refractivity contribution in [3.8, 4) is 11.5 Å². The van der Waals surface area contributed by atoms with Crippen molar-refractivity contribution >= 4 is 12.0 Å². The normalized spacial score (nSPS) is 10.5. The number of methoxy groups -OCH3 is 1. The number of phenolic OH excluding ortho intramolecular Hbond substituents is 1. The molecule has 0 aliphatic rings. The summed E-state index contributed by atoms with van der Waals surface area (Å²) in [6.45, 7) is 1.75. The number of benzene rings is 1. The zero-order valence-electron chi connectivity index (χ0n) is 8.52. The molecule has 1 aromatic carbocycles. The molecule has 1 rings (SSSR count). The minimum Gasteiger partial charge on any atom is -0.504 e. The second kappa shape index (κ2) is 4.50. The molecule has 0 saturated heterocycles. The molecule has 4 nitrogen and oxygen atoms in total. The molecule has 1 aromatic rings. The molecule has 0 bridgehead atoms. The van der Waals surface area contributed by atoms with E-state index in [0.29, 0.717) is 16.9 Å². The molecular formula is C11H12O4. The van der Waals surface area contributed by atoms with Crippen LogP contribution in [0.2, 0.25) is 0 Å². The number of rotatable bonds is 3. The lowest BCUT2D eigenvalue weighted by atomic mass is 10.1. The monoisotopic (exact) mass is 208 g/mol. The number of carboxylic acids is 1. The van der Waals surface area contributed by atoms with Crippen molar-refractivity contribution in [2.45, 2.75) is 6.92 Å². The molecule has 0 fully saturated rings. The molecule has 0 radical (unpaired) electrons. The van der Waals surface area contributed by atoms with Gasteiger partial charge in [0, 0.05) is 11.6 Å². The summed E-state index contributed by atoms with van der Waals surface area (Å²) in [5, 5.41) is 17.9. The van der Waals surface area contributed by atoms with Crippen LogP contribution >= 0.6 is 0 Å². The third kappa shape index (κ3) is 2.49. The minimum absolute atomic E-state index is 0.0440. The van der Waals surface area contributed by atoms with Crippen LogP contribution in [0.15, 0.2) is 18.2 Å². The summed E-state index contributed by atoms with van der Waals surface area (Å²) >= 11 is 0. The summed E-state index contributed by atoms with van der Waals surface area (Å²) < 4.78 is 4.99. The summed E-state index contributed by atoms with van der Waals surface area (Å²) in [5.41, 5.74) is 1.40. The zero-order valence-corrected chi connectivity index (χ0v) is 8.52. The Balaban J connectivity index is 3.16. The molecule has 4 heteroatoms. The Labute approximate surface area is 87.4 Å². The highest BCUT2D eigenvalue weighted by Gasteiger charge is 2.07. The van der Waals surface area contributed by atoms with Crippen LogP contribution in [0.5, 0.6) is 11.5 Å². The highest BCUT2D eigenvalue weighted by atomic mass is 16.5. The molecule has 0 aliphatic carbocycles. The Hall–Kier alpha value is -1.97. The van der Waals surface area contributed by atoms with Crippen LogP contribution in [0.3, 0.4) is 0 Å². The first-order valence-corrected chi connectivity index (χ1v) is 4.34. The van der Waals surface area contributed by atoms with Crippen LogP contribution in [0.25, 0.3) is 6.08 Å². The van der Waals surface area contributed by atoms with Gasteiger partial charge in [-0.3, -0.25) is 0 Å². The van der Waals surface area contributed by atoms with Gasteiger partial charge >= 0.3 is 5.97 Å². The molecule has 0 atom stereocenters. The van der Waals surface area contributed by atoms with Crippen molar-refractivity contribution < 1.29 is 19.7 Å². The Morgan fingerprint density at radius 1 is 1.47 bits per heavy atom. The molecule has 0 aromatic heterocycles. The molecule has 0 amide bonds. The van der Waals surface area contributed by atoms with Gasteiger partial charge in [-0.1, -0.05) is 6.07 Å². The first-order valence-electron chi connectivity index (χ1n) is 4.34. The van der Waals surface area contributed by atoms with Gasteiger partial charge in [0.2, 0.25) is 0 Å². The summed E-state index contributed by atoms with van der Waals surface area (Å²) in [6.07, 6.45) is 2.50. The lowest BCUT2D eigenvalue weighted by Gasteiger charge is -2.09. The van der Waals surface area contributed by atoms with E-state index in [1.165, 1.54) is 19.3 Å². The topological polar surface area (TPSA) is 66.8 Å². The van der Waals surface area contributed by atoms with E-state index in [1.807, 2.05) is 0 Å². The Kier molecular flexibility index (Phi) is 3.33. The molecule has 0 unspecified atom stereocenters. The fraction of sp³-hybridized carbons (Fsp3) is 0.182. The number of phenols is 1. The van der Waals surface area contributed by atoms with E-state index < -0.39 is 5.97 Å². The number of carbonyl (C=O) groups is 1. The average molecular weight is 208 g/mol. The van der Waals surface area contributed by atoms with Gasteiger partial charge in [0.25, 0.3) is 0 Å². The summed E-state index contributed by atoms with van der Waals surface area (Å²) in [6, 6.07) is 3.10. The second-order valence-electron chi connectivity index (χ2n) is 3.00. The zero-order chi connectivity index (χ0) is 11.4. The minimum atomic E-state index is -1.01. The number of aromatic hydroxyl groups is 1. The van der Waals surface area contributed by atoms with Crippen LogP contribution in [-0.4, -0.2) is 23.3 Å². The maximum Gasteiger partial charge on any atom is 0.328 e. The highest BCUT2D eigenvalue weighted by Crippen LogP contribution is 2.32. The molecule has 0 saturated carbocycles. The van der Waals surface area contributed by atoms with Gasteiger partial charge in [0.05, 0.1) is 7.11 Å². The second-order valence-corrected chi connectivity index (χ2v) is 3.00. The lowest BCUT2D eigenvalue weighted by Crippen LogP contribution is -1.91. The van der Waals surface area contributed by atoms with Crippen LogP contribution in [-0.2, 0) is 4.79 Å². The standard InChI is InChI=1S/C11H12O4/c1-7-8(4-6-10(13)14)3-5-9(12)11(7)15-2/h3-6,12H,1-2H3,(H,13,14)/b6-4+. The van der Waals surface area contributed by atoms with Gasteiger partial charge in [-0.15, -0.1) is 0 Å². The van der Waals surface area contributed by atoms with E-state index in [1.54, 1.807) is 13.0 Å². The molecule has 15 heavy (non-hydrogen) atoms. The first-order chi connectivity index (χ1) is 7.06. The molecule has 80 valence electrons. The molecule has 0 heterocycles. The number of ether oxygens (including phenoxy) is 1. The molecule has 0 spiro atoms. The van der Waals surface area contributed by atoms with Crippen molar-refractivity contribution in [3.05, 3.63) is 29.3 Å². The van der Waals surface area contributed by atoms with E-state index in [4.69, 9.17) is 9.84 Å². The third-order valence-electron chi connectivity index (χ3n) is 2.04. The third-order valence-corrected chi connectivity index (χ3v) is 2.04. The molecular weight excluding hydrogens is 196 g/mol. The van der Waals surface area contributed by atoms with Crippen LogP contribution in [0, 0.1) is 6.92 Å². The quantitative estimate of drug-likeness (QED) is 0.743. The maximum atomic E-state index is 10.3. The fourth-order valence-corrected chi connectivity index (χ4v) is 1.29. The SMILES string of the molecule is COc1c(O)ccc(/C=C/C(=O)O)c1C. The molecule has 0 aliphatic heterocycles. The van der Waals surface area contributed by atoms with Crippen LogP contribution in [0.4, 0.5) is 0 Å². The van der Waals surface area contributed by atoms with Gasteiger partial charge < -0.3 is 14.9 Å². The van der Waals surface area contributed by atoms with E-state index in [2.05, 4.69) is 0 Å². The summed E-state index contributed by atoms with van der Waals surface area (Å²) in [7, 11) is 1.45. The fourth-order valence-electron chi connectivity index (χ4n) is 1.29. The van der Waals surface area contributed by atoms with E-state index in [-0.39, 0.29) is 5.75 Å². The predicted octanol–water partition coefficient (Wildman–Crippen LogP) is 1.81. The van der Waals surface area contributed by atoms with Crippen molar-refractivity contribution in [2.24, 2.45) is 0 Å². The van der Waals surface area contributed by atoms with Crippen molar-refractivity contribution in [3.63, 3.8) is 0 Å². The van der Waals surface area contributed by atoms with E-state index >= 15 is 0 Å². The van der Waals surface area contributed by atoms with Crippen molar-refractivity contribution in [1.29, 1.82) is 0 Å². The average Bonchev–Trinajstić information content (AvgIpc) is 2.17. The smallest absolute Gasteiger partial charge is 0.328 e. The van der Waals surface area contributed by atoms with E-state index in [9.17, 15) is 9.90 Å². The van der Waals surface area contributed by atoms with Crippen LogP contribution < -0.4 is 4.74 Å². The van der Waals surface area contributed by atoms with Gasteiger partial charge in [0.15, 0.2) is 11.5 Å². The number of aliphatic carboxylic acids is 1. The predicted molar refractivity (Wildman–Crippen MR) is 56.1 cm³/mol. The Bertz CT molecular complexity index is 407. The summed E-state index contributed by atoms with van der Waals surface area (Å²) in [4.78, 5) is 10.3.